The van der Waals surface area contributed by atoms with Crippen LogP contribution in [0.15, 0.2) is 29.4 Å². The highest BCUT2D eigenvalue weighted by atomic mass is 16.2. The van der Waals surface area contributed by atoms with Gasteiger partial charge < -0.3 is 0 Å². The first kappa shape index (κ1) is 31.5. The number of nitrogens with zero attached hydrogens (tertiary/aromatic N) is 6. The number of hydrogen-bond acceptors (Lipinski definition) is 9. The van der Waals surface area contributed by atoms with Crippen molar-refractivity contribution in [2.45, 2.75) is 134 Å². The highest BCUT2D eigenvalue weighted by Crippen LogP contribution is 2.36. The van der Waals surface area contributed by atoms with E-state index in [4.69, 9.17) is 0 Å². The largest absolute Gasteiger partial charge is 0.336 e. The topological polar surface area (TPSA) is 154 Å². The van der Waals surface area contributed by atoms with Gasteiger partial charge in [-0.05, 0) is 96.8 Å². The van der Waals surface area contributed by atoms with Crippen molar-refractivity contribution in [3.8, 4) is 0 Å². The molecule has 1 aromatic rings. The lowest BCUT2D eigenvalue weighted by Crippen LogP contribution is -2.59. The van der Waals surface area contributed by atoms with Crippen molar-refractivity contribution in [2.24, 2.45) is 32.7 Å². The minimum atomic E-state index is -0.634. The van der Waals surface area contributed by atoms with Crippen molar-refractivity contribution < 1.29 is 14.4 Å². The molecule has 228 valence electrons. The number of aliphatic imine (C=N–C) groups is 3. The Morgan fingerprint density at radius 3 is 1.33 bits per heavy atom. The number of hydrogen-bond donors (Lipinski definition) is 0. The van der Waals surface area contributed by atoms with E-state index in [1.54, 1.807) is 18.2 Å². The normalized spacial score (nSPS) is 30.1. The monoisotopic (exact) mass is 582 g/mol. The zero-order chi connectivity index (χ0) is 30.4. The fourth-order valence-electron chi connectivity index (χ4n) is 7.76. The summed E-state index contributed by atoms with van der Waals surface area (Å²) in [6.07, 6.45) is 13.5. The minimum Gasteiger partial charge on any atom is -0.247 e. The molecule has 1 aromatic heterocycles. The van der Waals surface area contributed by atoms with Crippen LogP contribution >= 0.6 is 0 Å². The molecule has 12 nitrogen and oxygen atoms in total. The molecule has 3 fully saturated rings. The molecular formula is C30H42N6O6. The molecule has 5 atom stereocenters. The summed E-state index contributed by atoms with van der Waals surface area (Å²) >= 11 is 0. The Kier molecular flexibility index (Phi) is 10.6. The van der Waals surface area contributed by atoms with Crippen LogP contribution in [0.3, 0.4) is 0 Å². The summed E-state index contributed by atoms with van der Waals surface area (Å²) in [4.78, 5) is 86.9. The highest BCUT2D eigenvalue weighted by molar-refractivity contribution is 5.34. The first-order chi connectivity index (χ1) is 20.2. The summed E-state index contributed by atoms with van der Waals surface area (Å²) in [5.41, 5.74) is -1.88. The van der Waals surface area contributed by atoms with Crippen LogP contribution in [0.2, 0.25) is 0 Å². The molecule has 3 aliphatic rings. The van der Waals surface area contributed by atoms with Gasteiger partial charge in [-0.2, -0.15) is 0 Å². The molecule has 12 heteroatoms. The van der Waals surface area contributed by atoms with E-state index in [1.165, 1.54) is 13.7 Å². The fourth-order valence-corrected chi connectivity index (χ4v) is 7.76. The van der Waals surface area contributed by atoms with Crippen LogP contribution < -0.4 is 17.1 Å². The van der Waals surface area contributed by atoms with E-state index in [0.29, 0.717) is 64.2 Å². The third-order valence-corrected chi connectivity index (χ3v) is 10.4. The van der Waals surface area contributed by atoms with Crippen molar-refractivity contribution in [1.29, 1.82) is 0 Å². The van der Waals surface area contributed by atoms with Gasteiger partial charge in [0.2, 0.25) is 18.2 Å². The van der Waals surface area contributed by atoms with Gasteiger partial charge in [-0.25, -0.2) is 57.4 Å². The summed E-state index contributed by atoms with van der Waals surface area (Å²) in [6, 6.07) is -2.08. The van der Waals surface area contributed by atoms with Crippen molar-refractivity contribution in [2.75, 3.05) is 0 Å². The summed E-state index contributed by atoms with van der Waals surface area (Å²) in [5.74, 6) is -0.224. The Morgan fingerprint density at radius 1 is 0.548 bits per heavy atom. The predicted molar refractivity (Wildman–Crippen MR) is 155 cm³/mol. The molecule has 5 unspecified atom stereocenters. The van der Waals surface area contributed by atoms with Crippen LogP contribution in [0.25, 0.3) is 0 Å². The van der Waals surface area contributed by atoms with E-state index < -0.39 is 35.2 Å². The van der Waals surface area contributed by atoms with Crippen LogP contribution in [0.4, 0.5) is 0 Å². The Hall–Kier alpha value is -3.45. The molecule has 42 heavy (non-hydrogen) atoms. The lowest BCUT2D eigenvalue weighted by molar-refractivity contribution is 0.181. The Labute approximate surface area is 244 Å². The molecule has 1 heterocycles. The molecule has 0 bridgehead atoms. The van der Waals surface area contributed by atoms with Gasteiger partial charge in [0.1, 0.15) is 0 Å². The molecule has 0 aliphatic heterocycles. The molecule has 0 spiro atoms. The highest BCUT2D eigenvalue weighted by Gasteiger charge is 2.37. The number of rotatable bonds is 9. The number of aromatic nitrogens is 3. The maximum absolute atomic E-state index is 14.2. The van der Waals surface area contributed by atoms with Gasteiger partial charge in [0.15, 0.2) is 0 Å². The van der Waals surface area contributed by atoms with Gasteiger partial charge in [0, 0.05) is 24.0 Å². The molecular weight excluding hydrogens is 540 g/mol. The van der Waals surface area contributed by atoms with Gasteiger partial charge in [-0.1, -0.05) is 12.8 Å². The van der Waals surface area contributed by atoms with E-state index in [0.717, 1.165) is 12.8 Å². The second-order valence-corrected chi connectivity index (χ2v) is 12.5. The summed E-state index contributed by atoms with van der Waals surface area (Å²) in [7, 11) is 0. The van der Waals surface area contributed by atoms with Crippen molar-refractivity contribution in [3.05, 3.63) is 31.5 Å². The average Bonchev–Trinajstić information content (AvgIpc) is 2.98. The smallest absolute Gasteiger partial charge is 0.247 e. The van der Waals surface area contributed by atoms with Gasteiger partial charge in [-0.15, -0.1) is 0 Å². The maximum atomic E-state index is 14.2. The van der Waals surface area contributed by atoms with Gasteiger partial charge in [0.05, 0.1) is 18.1 Å². The second-order valence-electron chi connectivity index (χ2n) is 12.5. The molecule has 3 aliphatic carbocycles. The van der Waals surface area contributed by atoms with Crippen LogP contribution in [0.1, 0.15) is 116 Å². The van der Waals surface area contributed by atoms with E-state index in [-0.39, 0.29) is 35.9 Å². The molecule has 4 rings (SSSR count). The van der Waals surface area contributed by atoms with Crippen LogP contribution in [-0.2, 0) is 14.4 Å². The van der Waals surface area contributed by atoms with Crippen LogP contribution in [-0.4, -0.2) is 50.1 Å². The number of isocyanates is 3. The first-order valence-corrected chi connectivity index (χ1v) is 15.4. The average molecular weight is 583 g/mol. The van der Waals surface area contributed by atoms with E-state index in [1.807, 2.05) is 20.8 Å². The first-order valence-electron chi connectivity index (χ1n) is 15.4. The van der Waals surface area contributed by atoms with Crippen LogP contribution in [0.5, 0.6) is 0 Å². The quantitative estimate of drug-likeness (QED) is 0.320. The third-order valence-electron chi connectivity index (χ3n) is 10.4. The SMILES string of the molecule is CC(C1CCC(N=C=O)CC1)n1c(=O)n(C(C)C2CCC(N=C=O)CC2)c(=O)n(C(C)C2CCCCC2N=C=O)c1=O. The lowest BCUT2D eigenvalue weighted by Gasteiger charge is -2.36. The van der Waals surface area contributed by atoms with E-state index in [9.17, 15) is 28.8 Å². The Morgan fingerprint density at radius 2 is 0.929 bits per heavy atom. The summed E-state index contributed by atoms with van der Waals surface area (Å²) in [6.45, 7) is 5.52. The van der Waals surface area contributed by atoms with Crippen molar-refractivity contribution in [1.82, 2.24) is 13.7 Å². The van der Waals surface area contributed by atoms with Crippen molar-refractivity contribution >= 4 is 18.2 Å². The number of carbonyl (C=O) groups excluding carboxylic acids is 3. The maximum Gasteiger partial charge on any atom is 0.336 e. The van der Waals surface area contributed by atoms with Gasteiger partial charge >= 0.3 is 17.1 Å². The lowest BCUT2D eigenvalue weighted by atomic mass is 9.80. The van der Waals surface area contributed by atoms with E-state index >= 15 is 0 Å². The summed E-state index contributed by atoms with van der Waals surface area (Å²) < 4.78 is 3.74. The Balaban J connectivity index is 1.79. The van der Waals surface area contributed by atoms with Crippen LogP contribution in [0, 0.1) is 17.8 Å². The molecule has 3 saturated carbocycles. The van der Waals surface area contributed by atoms with Crippen molar-refractivity contribution in [3.63, 3.8) is 0 Å². The minimum absolute atomic E-state index is 0.00255. The zero-order valence-corrected chi connectivity index (χ0v) is 24.8. The molecule has 0 aromatic carbocycles. The molecule has 0 N–H and O–H groups in total. The molecule has 0 amide bonds. The van der Waals surface area contributed by atoms with E-state index in [2.05, 4.69) is 15.0 Å². The molecule has 0 saturated heterocycles. The molecule has 0 radical (unpaired) electrons. The van der Waals surface area contributed by atoms with Gasteiger partial charge in [0.25, 0.3) is 0 Å². The zero-order valence-electron chi connectivity index (χ0n) is 24.8. The third kappa shape index (κ3) is 6.46. The standard InChI is InChI=1S/C30H42N6O6/c1-19(22-8-12-24(13-9-22)31-16-37)34-28(40)35(20(2)23-10-14-25(15-11-23)32-17-38)30(42)36(29(34)41)21(3)26-6-4-5-7-27(26)33-18-39/h19-27H,4-15H2,1-3H3. The Bertz CT molecular complexity index is 1340. The predicted octanol–water partition coefficient (Wildman–Crippen LogP) is 3.54. The fraction of sp³-hybridized carbons (Fsp3) is 0.800. The van der Waals surface area contributed by atoms with Gasteiger partial charge in [-0.3, -0.25) is 0 Å². The summed E-state index contributed by atoms with van der Waals surface area (Å²) in [5, 5.41) is 0. The second kappa shape index (κ2) is 14.1.